The summed E-state index contributed by atoms with van der Waals surface area (Å²) in [5, 5.41) is 10.2. The molecule has 1 saturated carbocycles. The maximum Gasteiger partial charge on any atom is 0.287 e. The summed E-state index contributed by atoms with van der Waals surface area (Å²) < 4.78 is 5.53. The van der Waals surface area contributed by atoms with E-state index in [2.05, 4.69) is 15.8 Å². The zero-order valence-electron chi connectivity index (χ0n) is 30.3. The van der Waals surface area contributed by atoms with Crippen LogP contribution in [-0.2, 0) is 28.8 Å². The summed E-state index contributed by atoms with van der Waals surface area (Å²) in [6.45, 7) is 11.4. The molecule has 1 aromatic carbocycles. The van der Waals surface area contributed by atoms with Crippen molar-refractivity contribution in [3.05, 3.63) is 28.8 Å². The van der Waals surface area contributed by atoms with Gasteiger partial charge in [0, 0.05) is 24.8 Å². The van der Waals surface area contributed by atoms with Crippen LogP contribution in [0.3, 0.4) is 0 Å². The molecular weight excluding hydrogens is 626 g/mol. The minimum Gasteiger partial charge on any atom is -0.496 e. The van der Waals surface area contributed by atoms with Crippen LogP contribution in [0.2, 0.25) is 0 Å². The molecule has 4 atom stereocenters. The first kappa shape index (κ1) is 37.9. The number of rotatable bonds is 12. The summed E-state index contributed by atoms with van der Waals surface area (Å²) in [4.78, 5) is 74.0. The zero-order chi connectivity index (χ0) is 36.1. The molecule has 4 N–H and O–H groups in total. The molecule has 270 valence electrons. The van der Waals surface area contributed by atoms with Gasteiger partial charge in [0.25, 0.3) is 5.91 Å². The minimum absolute atomic E-state index is 0.0400. The van der Waals surface area contributed by atoms with Gasteiger partial charge in [0.2, 0.25) is 23.5 Å². The normalized spacial score (nSPS) is 22.5. The minimum atomic E-state index is -1.14. The number of hydrogen-bond acceptors (Lipinski definition) is 8. The summed E-state index contributed by atoms with van der Waals surface area (Å²) >= 11 is 0. The van der Waals surface area contributed by atoms with Gasteiger partial charge >= 0.3 is 0 Å². The number of benzene rings is 1. The second-order valence-electron chi connectivity index (χ2n) is 15.3. The van der Waals surface area contributed by atoms with Gasteiger partial charge in [-0.15, -0.1) is 0 Å². The summed E-state index contributed by atoms with van der Waals surface area (Å²) in [5.74, 6) is -2.16. The van der Waals surface area contributed by atoms with E-state index >= 15 is 0 Å². The highest BCUT2D eigenvalue weighted by atomic mass is 16.7. The molecule has 0 radical (unpaired) electrons. The van der Waals surface area contributed by atoms with Crippen LogP contribution in [0.5, 0.6) is 5.75 Å². The average molecular weight is 682 g/mol. The molecule has 1 saturated heterocycles. The number of nitrogens with two attached hydrogens (primary N) is 1. The van der Waals surface area contributed by atoms with Crippen LogP contribution in [0, 0.1) is 25.2 Å². The lowest BCUT2D eigenvalue weighted by atomic mass is 9.85. The Morgan fingerprint density at radius 1 is 1.06 bits per heavy atom. The predicted octanol–water partition coefficient (Wildman–Crippen LogP) is 4.01. The van der Waals surface area contributed by atoms with Crippen molar-refractivity contribution in [1.29, 1.82) is 0 Å². The Bertz CT molecular complexity index is 1440. The van der Waals surface area contributed by atoms with Crippen molar-refractivity contribution in [2.24, 2.45) is 22.2 Å². The van der Waals surface area contributed by atoms with Crippen LogP contribution < -0.4 is 21.1 Å². The fraction of sp³-hybridized carbons (Fsp3) is 0.676. The summed E-state index contributed by atoms with van der Waals surface area (Å²) in [6, 6.07) is 0.843. The van der Waals surface area contributed by atoms with Crippen LogP contribution in [0.15, 0.2) is 17.3 Å². The number of primary amides is 1. The Labute approximate surface area is 290 Å². The topological polar surface area (TPSA) is 169 Å². The number of hydrogen-bond donors (Lipinski definition) is 3. The summed E-state index contributed by atoms with van der Waals surface area (Å²) in [6.07, 6.45) is 8.05. The molecule has 0 aromatic heterocycles. The van der Waals surface area contributed by atoms with Crippen LogP contribution >= 0.6 is 0 Å². The fourth-order valence-corrected chi connectivity index (χ4v) is 7.58. The summed E-state index contributed by atoms with van der Waals surface area (Å²) in [7, 11) is 1.63. The third kappa shape index (κ3) is 8.99. The van der Waals surface area contributed by atoms with E-state index in [1.807, 2.05) is 53.7 Å². The smallest absolute Gasteiger partial charge is 0.287 e. The maximum absolute atomic E-state index is 14.6. The number of nitrogens with zero attached hydrogens (tertiary/aromatic N) is 2. The molecule has 49 heavy (non-hydrogen) atoms. The Kier molecular flexibility index (Phi) is 12.1. The highest BCUT2D eigenvalue weighted by molar-refractivity contribution is 6.37. The van der Waals surface area contributed by atoms with Gasteiger partial charge < -0.3 is 30.8 Å². The lowest BCUT2D eigenvalue weighted by molar-refractivity contribution is -0.145. The van der Waals surface area contributed by atoms with E-state index in [1.54, 1.807) is 7.11 Å². The second-order valence-corrected chi connectivity index (χ2v) is 15.3. The number of ketones is 1. The van der Waals surface area contributed by atoms with Gasteiger partial charge in [-0.3, -0.25) is 24.0 Å². The van der Waals surface area contributed by atoms with E-state index in [0.29, 0.717) is 25.0 Å². The van der Waals surface area contributed by atoms with Crippen molar-refractivity contribution in [3.8, 4) is 5.75 Å². The van der Waals surface area contributed by atoms with Gasteiger partial charge in [-0.2, -0.15) is 0 Å². The number of likely N-dealkylation sites (tertiary alicyclic amines) is 1. The maximum atomic E-state index is 14.6. The van der Waals surface area contributed by atoms with E-state index < -0.39 is 52.6 Å². The van der Waals surface area contributed by atoms with E-state index in [1.165, 1.54) is 17.7 Å². The van der Waals surface area contributed by atoms with Gasteiger partial charge in [0.1, 0.15) is 17.8 Å². The number of nitrogens with one attached hydrogen (secondary N) is 2. The number of methoxy groups -OCH3 is 1. The lowest BCUT2D eigenvalue weighted by Crippen LogP contribution is -2.59. The molecule has 1 aromatic rings. The van der Waals surface area contributed by atoms with Crippen LogP contribution in [-0.4, -0.2) is 77.4 Å². The van der Waals surface area contributed by atoms with Gasteiger partial charge in [-0.25, -0.2) is 0 Å². The SMILES string of the molecule is CCC[C@H](NC(=O)[C@@H]1C[C@]2(CC(c3cc(C)c(OC)c(C)c3)=NO2)CN1C(=O)[C@@H](NC(=O)CC1CCCCCC1)C(C)(C)C)C(=O)C(N)=O. The molecule has 4 rings (SSSR count). The number of oxime groups is 1. The van der Waals surface area contributed by atoms with Crippen molar-refractivity contribution in [3.63, 3.8) is 0 Å². The molecule has 4 amide bonds. The largest absolute Gasteiger partial charge is 0.496 e. The number of Topliss-reactive ketones (excluding diaryl/α,β-unsaturated/α-hetero) is 1. The van der Waals surface area contributed by atoms with Crippen molar-refractivity contribution >= 4 is 35.1 Å². The third-order valence-electron chi connectivity index (χ3n) is 10.1. The molecule has 0 bridgehead atoms. The number of aryl methyl sites for hydroxylation is 2. The van der Waals surface area contributed by atoms with Crippen molar-refractivity contribution in [1.82, 2.24) is 15.5 Å². The predicted molar refractivity (Wildman–Crippen MR) is 186 cm³/mol. The number of amides is 4. The zero-order valence-corrected chi connectivity index (χ0v) is 30.3. The Balaban J connectivity index is 1.62. The van der Waals surface area contributed by atoms with Crippen molar-refractivity contribution in [2.45, 2.75) is 136 Å². The molecule has 2 fully saturated rings. The van der Waals surface area contributed by atoms with Gasteiger partial charge in [-0.1, -0.05) is 65.0 Å². The molecule has 2 aliphatic heterocycles. The second kappa shape index (κ2) is 15.7. The van der Waals surface area contributed by atoms with Crippen LogP contribution in [0.1, 0.15) is 115 Å². The quantitative estimate of drug-likeness (QED) is 0.221. The third-order valence-corrected chi connectivity index (χ3v) is 10.1. The number of carbonyl (C=O) groups excluding carboxylic acids is 5. The lowest BCUT2D eigenvalue weighted by Gasteiger charge is -2.36. The fourth-order valence-electron chi connectivity index (χ4n) is 7.58. The number of carbonyl (C=O) groups is 5. The standard InChI is InChI=1S/C37H55N5O7/c1-8-13-26(30(44)33(38)45)39-34(46)28-20-37(19-27(41-49-37)25-16-22(2)31(48-7)23(3)17-25)21-42(28)35(47)32(36(4,5)6)40-29(43)18-24-14-11-9-10-12-15-24/h16-17,24,26,28,32H,8-15,18-21H2,1-7H3,(H2,38,45)(H,39,46)(H,40,43)/t26-,28-,32+,37+/m0/s1. The van der Waals surface area contributed by atoms with E-state index in [4.69, 9.17) is 15.3 Å². The Morgan fingerprint density at radius 2 is 1.69 bits per heavy atom. The first-order valence-electron chi connectivity index (χ1n) is 17.7. The molecule has 0 unspecified atom stereocenters. The van der Waals surface area contributed by atoms with Crippen LogP contribution in [0.25, 0.3) is 0 Å². The molecule has 12 nitrogen and oxygen atoms in total. The molecule has 3 aliphatic rings. The van der Waals surface area contributed by atoms with Crippen LogP contribution in [0.4, 0.5) is 0 Å². The molecule has 12 heteroatoms. The van der Waals surface area contributed by atoms with E-state index in [-0.39, 0.29) is 31.2 Å². The first-order valence-corrected chi connectivity index (χ1v) is 17.7. The molecule has 1 spiro atoms. The molecular formula is C37H55N5O7. The number of ether oxygens (including phenoxy) is 1. The van der Waals surface area contributed by atoms with Crippen molar-refractivity contribution < 1.29 is 33.5 Å². The van der Waals surface area contributed by atoms with Gasteiger partial charge in [0.15, 0.2) is 5.60 Å². The van der Waals surface area contributed by atoms with Crippen molar-refractivity contribution in [2.75, 3.05) is 13.7 Å². The average Bonchev–Trinajstić information content (AvgIpc) is 3.53. The van der Waals surface area contributed by atoms with E-state index in [9.17, 15) is 24.0 Å². The van der Waals surface area contributed by atoms with E-state index in [0.717, 1.165) is 48.1 Å². The Hall–Kier alpha value is -3.96. The monoisotopic (exact) mass is 681 g/mol. The Morgan fingerprint density at radius 3 is 2.24 bits per heavy atom. The highest BCUT2D eigenvalue weighted by Gasteiger charge is 2.55. The van der Waals surface area contributed by atoms with Gasteiger partial charge in [-0.05, 0) is 67.7 Å². The molecule has 2 heterocycles. The first-order chi connectivity index (χ1) is 23.1. The molecule has 1 aliphatic carbocycles. The summed E-state index contributed by atoms with van der Waals surface area (Å²) in [5.41, 5.74) is 7.01. The highest BCUT2D eigenvalue weighted by Crippen LogP contribution is 2.41. The van der Waals surface area contributed by atoms with Gasteiger partial charge in [0.05, 0.1) is 25.4 Å².